The summed E-state index contributed by atoms with van der Waals surface area (Å²) in [6.45, 7) is 0.619. The first kappa shape index (κ1) is 20.4. The van der Waals surface area contributed by atoms with Crippen molar-refractivity contribution in [3.63, 3.8) is 0 Å². The highest BCUT2D eigenvalue weighted by Crippen LogP contribution is 2.28. The summed E-state index contributed by atoms with van der Waals surface area (Å²) in [5, 5.41) is 17.2. The molecule has 0 aliphatic carbocycles. The first-order valence-corrected chi connectivity index (χ1v) is 9.72. The number of oxime groups is 1. The van der Waals surface area contributed by atoms with Crippen molar-refractivity contribution < 1.29 is 28.7 Å². The number of methoxy groups -OCH3 is 1. The zero-order valence-corrected chi connectivity index (χ0v) is 16.9. The maximum absolute atomic E-state index is 11.3. The number of aromatic nitrogens is 2. The largest absolute Gasteiger partial charge is 0.497 e. The molecule has 0 amide bonds. The lowest BCUT2D eigenvalue weighted by Crippen LogP contribution is -2.15. The third kappa shape index (κ3) is 5.00. The Hall–Kier alpha value is -3.88. The molecule has 3 aromatic rings. The monoisotopic (exact) mass is 423 g/mol. The Morgan fingerprint density at radius 1 is 1.13 bits per heavy atom. The van der Waals surface area contributed by atoms with E-state index in [4.69, 9.17) is 18.8 Å². The molecule has 1 aliphatic rings. The topological polar surface area (TPSA) is 116 Å². The van der Waals surface area contributed by atoms with Crippen LogP contribution >= 0.6 is 0 Å². The van der Waals surface area contributed by atoms with Crippen LogP contribution in [-0.2, 0) is 16.2 Å². The van der Waals surface area contributed by atoms with E-state index in [2.05, 4.69) is 15.3 Å². The van der Waals surface area contributed by atoms with Gasteiger partial charge in [0.1, 0.15) is 18.1 Å². The summed E-state index contributed by atoms with van der Waals surface area (Å²) < 4.78 is 16.2. The summed E-state index contributed by atoms with van der Waals surface area (Å²) in [7, 11) is 1.60. The average Bonchev–Trinajstić information content (AvgIpc) is 3.49. The van der Waals surface area contributed by atoms with Crippen LogP contribution in [0.2, 0.25) is 0 Å². The van der Waals surface area contributed by atoms with Gasteiger partial charge in [0.05, 0.1) is 19.2 Å². The minimum absolute atomic E-state index is 0.0423. The number of rotatable bonds is 9. The van der Waals surface area contributed by atoms with Gasteiger partial charge in [0.25, 0.3) is 5.89 Å². The Labute approximate surface area is 178 Å². The number of carbonyl (C=O) groups is 1. The van der Waals surface area contributed by atoms with E-state index in [1.54, 1.807) is 19.2 Å². The van der Waals surface area contributed by atoms with Gasteiger partial charge in [0, 0.05) is 17.9 Å². The molecule has 1 aliphatic heterocycles. The van der Waals surface area contributed by atoms with Crippen LogP contribution in [0, 0.1) is 0 Å². The number of carboxylic acids is 1. The molecule has 160 valence electrons. The van der Waals surface area contributed by atoms with E-state index in [1.807, 2.05) is 36.4 Å². The van der Waals surface area contributed by atoms with Crippen molar-refractivity contribution in [2.75, 3.05) is 13.7 Å². The van der Waals surface area contributed by atoms with Gasteiger partial charge in [-0.15, -0.1) is 0 Å². The van der Waals surface area contributed by atoms with Crippen molar-refractivity contribution in [2.45, 2.75) is 25.4 Å². The van der Waals surface area contributed by atoms with E-state index >= 15 is 0 Å². The van der Waals surface area contributed by atoms with Gasteiger partial charge < -0.3 is 23.9 Å². The van der Waals surface area contributed by atoms with Crippen molar-refractivity contribution in [1.29, 1.82) is 0 Å². The van der Waals surface area contributed by atoms with Crippen LogP contribution in [0.15, 0.2) is 58.2 Å². The molecule has 4 rings (SSSR count). The lowest BCUT2D eigenvalue weighted by atomic mass is 9.89. The lowest BCUT2D eigenvalue weighted by molar-refractivity contribution is -0.137. The molecule has 31 heavy (non-hydrogen) atoms. The molecule has 2 aromatic carbocycles. The molecule has 0 saturated carbocycles. The summed E-state index contributed by atoms with van der Waals surface area (Å²) in [6.07, 6.45) is 0.587. The Bertz CT molecular complexity index is 1060. The van der Waals surface area contributed by atoms with Crippen molar-refractivity contribution in [2.24, 2.45) is 5.16 Å². The van der Waals surface area contributed by atoms with Crippen LogP contribution in [0.25, 0.3) is 11.5 Å². The smallest absolute Gasteiger partial charge is 0.304 e. The van der Waals surface area contributed by atoms with E-state index in [-0.39, 0.29) is 18.9 Å². The fourth-order valence-corrected chi connectivity index (χ4v) is 3.27. The molecule has 0 bridgehead atoms. The van der Waals surface area contributed by atoms with Crippen LogP contribution in [0.1, 0.15) is 30.1 Å². The Morgan fingerprint density at radius 2 is 1.87 bits per heavy atom. The highest BCUT2D eigenvalue weighted by Gasteiger charge is 2.25. The van der Waals surface area contributed by atoms with Gasteiger partial charge in [-0.1, -0.05) is 22.4 Å². The van der Waals surface area contributed by atoms with E-state index in [9.17, 15) is 9.90 Å². The second-order valence-electron chi connectivity index (χ2n) is 6.92. The summed E-state index contributed by atoms with van der Waals surface area (Å²) >= 11 is 0. The molecular weight excluding hydrogens is 402 g/mol. The second-order valence-corrected chi connectivity index (χ2v) is 6.92. The number of nitrogens with zero attached hydrogens (tertiary/aromatic N) is 3. The zero-order valence-electron chi connectivity index (χ0n) is 16.9. The van der Waals surface area contributed by atoms with E-state index in [0.717, 1.165) is 22.6 Å². The van der Waals surface area contributed by atoms with Crippen LogP contribution < -0.4 is 9.47 Å². The third-order valence-corrected chi connectivity index (χ3v) is 4.87. The molecular formula is C22H21N3O6. The summed E-state index contributed by atoms with van der Waals surface area (Å²) in [5.74, 6) is 0.957. The fourth-order valence-electron chi connectivity index (χ4n) is 3.27. The highest BCUT2D eigenvalue weighted by atomic mass is 16.6. The van der Waals surface area contributed by atoms with Crippen LogP contribution in [0.3, 0.4) is 0 Å². The van der Waals surface area contributed by atoms with Gasteiger partial charge in [-0.25, -0.2) is 0 Å². The molecule has 0 unspecified atom stereocenters. The van der Waals surface area contributed by atoms with Crippen molar-refractivity contribution in [3.05, 3.63) is 59.9 Å². The molecule has 0 saturated heterocycles. The summed E-state index contributed by atoms with van der Waals surface area (Å²) in [4.78, 5) is 20.6. The molecule has 0 spiro atoms. The Balaban J connectivity index is 1.39. The second kappa shape index (κ2) is 9.29. The quantitative estimate of drug-likeness (QED) is 0.554. The zero-order chi connectivity index (χ0) is 21.6. The van der Waals surface area contributed by atoms with Crippen molar-refractivity contribution in [1.82, 2.24) is 10.1 Å². The number of ether oxygens (including phenoxy) is 2. The Kier molecular flexibility index (Phi) is 6.11. The normalized spacial score (nSPS) is 13.9. The SMILES string of the molecule is COc1ccc(-c2nc(COc3ccc([C@H](CC(=O)O)C4=NOCC4)cc3)no2)cc1. The molecule has 1 atom stereocenters. The molecule has 1 aromatic heterocycles. The molecule has 0 fully saturated rings. The predicted molar refractivity (Wildman–Crippen MR) is 110 cm³/mol. The number of aliphatic carboxylic acids is 1. The summed E-state index contributed by atoms with van der Waals surface area (Å²) in [6, 6.07) is 14.5. The lowest BCUT2D eigenvalue weighted by Gasteiger charge is -2.14. The third-order valence-electron chi connectivity index (χ3n) is 4.87. The number of benzene rings is 2. The maximum atomic E-state index is 11.3. The molecule has 9 nitrogen and oxygen atoms in total. The molecule has 2 heterocycles. The fraction of sp³-hybridized carbons (Fsp3) is 0.273. The standard InChI is InChI=1S/C22H21N3O6/c1-28-16-6-4-15(5-7-16)22-23-20(25-31-22)13-29-17-8-2-14(3-9-17)18(12-21(26)27)19-10-11-30-24-19/h2-9,18H,10-13H2,1H3,(H,26,27)/t18-/m0/s1. The summed E-state index contributed by atoms with van der Waals surface area (Å²) in [5.41, 5.74) is 2.38. The van der Waals surface area contributed by atoms with Crippen LogP contribution in [0.5, 0.6) is 11.5 Å². The van der Waals surface area contributed by atoms with Gasteiger partial charge in [0.2, 0.25) is 5.82 Å². The predicted octanol–water partition coefficient (Wildman–Crippen LogP) is 3.66. The first-order valence-electron chi connectivity index (χ1n) is 9.72. The van der Waals surface area contributed by atoms with Crippen LogP contribution in [0.4, 0.5) is 0 Å². The minimum atomic E-state index is -0.885. The van der Waals surface area contributed by atoms with E-state index in [1.165, 1.54) is 0 Å². The number of carboxylic acid groups (broad SMARTS) is 1. The van der Waals surface area contributed by atoms with Crippen molar-refractivity contribution >= 4 is 11.7 Å². The average molecular weight is 423 g/mol. The molecule has 1 N–H and O–H groups in total. The minimum Gasteiger partial charge on any atom is -0.497 e. The van der Waals surface area contributed by atoms with Crippen molar-refractivity contribution in [3.8, 4) is 23.0 Å². The van der Waals surface area contributed by atoms with Gasteiger partial charge >= 0.3 is 5.97 Å². The Morgan fingerprint density at radius 3 is 2.52 bits per heavy atom. The van der Waals surface area contributed by atoms with Gasteiger partial charge in [-0.05, 0) is 42.0 Å². The molecule has 0 radical (unpaired) electrons. The number of hydrogen-bond donors (Lipinski definition) is 1. The number of hydrogen-bond acceptors (Lipinski definition) is 8. The highest BCUT2D eigenvalue weighted by molar-refractivity contribution is 5.94. The van der Waals surface area contributed by atoms with Gasteiger partial charge in [-0.2, -0.15) is 4.98 Å². The van der Waals surface area contributed by atoms with E-state index < -0.39 is 5.97 Å². The first-order chi connectivity index (χ1) is 15.1. The van der Waals surface area contributed by atoms with E-state index in [0.29, 0.717) is 30.5 Å². The van der Waals surface area contributed by atoms with Crippen LogP contribution in [-0.4, -0.2) is 40.6 Å². The molecule has 9 heteroatoms. The van der Waals surface area contributed by atoms with Gasteiger partial charge in [-0.3, -0.25) is 4.79 Å². The van der Waals surface area contributed by atoms with Gasteiger partial charge in [0.15, 0.2) is 6.61 Å². The maximum Gasteiger partial charge on any atom is 0.304 e.